The van der Waals surface area contributed by atoms with Crippen LogP contribution in [0.4, 0.5) is 0 Å². The highest BCUT2D eigenvalue weighted by Gasteiger charge is 2.36. The summed E-state index contributed by atoms with van der Waals surface area (Å²) in [6, 6.07) is 22.9. The Balaban J connectivity index is 1.81. The number of fused-ring (bicyclic) bond motifs is 3. The number of nitrogens with two attached hydrogens (primary N) is 1. The lowest BCUT2D eigenvalue weighted by molar-refractivity contribution is 0.388. The normalized spacial score (nSPS) is 15.0. The van der Waals surface area contributed by atoms with Crippen LogP contribution in [0.3, 0.4) is 0 Å². The van der Waals surface area contributed by atoms with Crippen LogP contribution in [-0.4, -0.2) is 7.11 Å². The molecule has 0 saturated carbocycles. The fourth-order valence-electron chi connectivity index (χ4n) is 4.31. The number of benzene rings is 3. The third-order valence-electron chi connectivity index (χ3n) is 5.86. The Morgan fingerprint density at radius 3 is 2.58 bits per heavy atom. The average molecular weight is 436 g/mol. The van der Waals surface area contributed by atoms with Gasteiger partial charge in [0.25, 0.3) is 0 Å². The summed E-state index contributed by atoms with van der Waals surface area (Å²) in [5, 5.41) is 10.6. The summed E-state index contributed by atoms with van der Waals surface area (Å²) in [5.41, 5.74) is 9.90. The predicted octanol–water partition coefficient (Wildman–Crippen LogP) is 5.00. The van der Waals surface area contributed by atoms with Crippen molar-refractivity contribution >= 4 is 11.0 Å². The largest absolute Gasteiger partial charge is 0.496 e. The van der Waals surface area contributed by atoms with Crippen LogP contribution in [0.1, 0.15) is 22.6 Å². The molecule has 6 nitrogen and oxygen atoms in total. The Hall–Kier alpha value is -4.50. The van der Waals surface area contributed by atoms with Crippen LogP contribution in [0.2, 0.25) is 0 Å². The maximum atomic E-state index is 13.1. The minimum atomic E-state index is -0.742. The predicted molar refractivity (Wildman–Crippen MR) is 125 cm³/mol. The molecule has 2 N–H and O–H groups in total. The van der Waals surface area contributed by atoms with Gasteiger partial charge in [0.15, 0.2) is 5.75 Å². The van der Waals surface area contributed by atoms with E-state index in [1.54, 1.807) is 13.2 Å². The zero-order valence-electron chi connectivity index (χ0n) is 18.1. The van der Waals surface area contributed by atoms with Gasteiger partial charge < -0.3 is 19.6 Å². The van der Waals surface area contributed by atoms with Crippen LogP contribution in [0, 0.1) is 18.3 Å². The molecule has 0 amide bonds. The maximum Gasteiger partial charge on any atom is 0.344 e. The SMILES string of the molecule is COc1ccc(C2C(C#N)=C(N)Oc3c2c(=O)oc2ccc(C)cc32)cc1-c1ccccc1. The van der Waals surface area contributed by atoms with Crippen LogP contribution in [0.15, 0.2) is 87.4 Å². The highest BCUT2D eigenvalue weighted by Crippen LogP contribution is 2.45. The van der Waals surface area contributed by atoms with E-state index in [0.29, 0.717) is 28.0 Å². The molecule has 0 bridgehead atoms. The Kier molecular flexibility index (Phi) is 4.87. The summed E-state index contributed by atoms with van der Waals surface area (Å²) in [7, 11) is 1.60. The zero-order chi connectivity index (χ0) is 23.1. The quantitative estimate of drug-likeness (QED) is 0.454. The molecule has 162 valence electrons. The van der Waals surface area contributed by atoms with Crippen molar-refractivity contribution in [2.75, 3.05) is 7.11 Å². The van der Waals surface area contributed by atoms with Crippen molar-refractivity contribution in [1.29, 1.82) is 5.26 Å². The summed E-state index contributed by atoms with van der Waals surface area (Å²) in [4.78, 5) is 13.1. The van der Waals surface area contributed by atoms with E-state index in [-0.39, 0.29) is 17.0 Å². The molecular weight excluding hydrogens is 416 g/mol. The zero-order valence-corrected chi connectivity index (χ0v) is 18.1. The molecule has 4 aromatic rings. The van der Waals surface area contributed by atoms with Crippen molar-refractivity contribution in [2.24, 2.45) is 5.73 Å². The summed E-state index contributed by atoms with van der Waals surface area (Å²) >= 11 is 0. The van der Waals surface area contributed by atoms with Gasteiger partial charge in [-0.1, -0.05) is 48.0 Å². The van der Waals surface area contributed by atoms with Crippen molar-refractivity contribution in [3.63, 3.8) is 0 Å². The number of allylic oxidation sites excluding steroid dienone is 1. The molecule has 1 aromatic heterocycles. The Morgan fingerprint density at radius 1 is 1.06 bits per heavy atom. The van der Waals surface area contributed by atoms with E-state index >= 15 is 0 Å². The first-order chi connectivity index (χ1) is 16.0. The minimum Gasteiger partial charge on any atom is -0.496 e. The molecular formula is C27H20N2O4. The lowest BCUT2D eigenvalue weighted by Crippen LogP contribution is -2.26. The molecule has 1 aliphatic rings. The highest BCUT2D eigenvalue weighted by molar-refractivity contribution is 5.87. The van der Waals surface area contributed by atoms with E-state index in [1.807, 2.05) is 67.6 Å². The van der Waals surface area contributed by atoms with Crippen LogP contribution in [-0.2, 0) is 0 Å². The molecule has 5 rings (SSSR count). The molecule has 1 atom stereocenters. The van der Waals surface area contributed by atoms with Crippen molar-refractivity contribution < 1.29 is 13.9 Å². The molecule has 0 radical (unpaired) electrons. The Labute approximate surface area is 190 Å². The Bertz CT molecular complexity index is 1530. The van der Waals surface area contributed by atoms with E-state index in [1.165, 1.54) is 0 Å². The summed E-state index contributed by atoms with van der Waals surface area (Å²) in [5.74, 6) is 0.228. The van der Waals surface area contributed by atoms with Gasteiger partial charge in [-0.15, -0.1) is 0 Å². The first-order valence-corrected chi connectivity index (χ1v) is 10.4. The minimum absolute atomic E-state index is 0.0273. The molecule has 2 heterocycles. The van der Waals surface area contributed by atoms with Crippen molar-refractivity contribution in [2.45, 2.75) is 12.8 Å². The molecule has 1 aliphatic heterocycles. The van der Waals surface area contributed by atoms with Crippen molar-refractivity contribution in [3.05, 3.63) is 105 Å². The van der Waals surface area contributed by atoms with Gasteiger partial charge in [0.2, 0.25) is 5.88 Å². The van der Waals surface area contributed by atoms with Gasteiger partial charge in [-0.05, 0) is 42.3 Å². The second kappa shape index (κ2) is 7.88. The van der Waals surface area contributed by atoms with Gasteiger partial charge >= 0.3 is 5.63 Å². The van der Waals surface area contributed by atoms with Crippen molar-refractivity contribution in [3.8, 4) is 28.7 Å². The molecule has 3 aromatic carbocycles. The van der Waals surface area contributed by atoms with Crippen LogP contribution in [0.25, 0.3) is 22.1 Å². The Morgan fingerprint density at radius 2 is 1.85 bits per heavy atom. The van der Waals surface area contributed by atoms with Crippen LogP contribution >= 0.6 is 0 Å². The first-order valence-electron chi connectivity index (χ1n) is 10.4. The molecule has 1 unspecified atom stereocenters. The molecule has 33 heavy (non-hydrogen) atoms. The summed E-state index contributed by atoms with van der Waals surface area (Å²) in [6.45, 7) is 1.94. The molecule has 0 spiro atoms. The number of nitrogens with zero attached hydrogens (tertiary/aromatic N) is 1. The summed E-state index contributed by atoms with van der Waals surface area (Å²) in [6.07, 6.45) is 0. The van der Waals surface area contributed by atoms with Gasteiger partial charge in [-0.2, -0.15) is 5.26 Å². The van der Waals surface area contributed by atoms with Gasteiger partial charge in [-0.3, -0.25) is 0 Å². The topological polar surface area (TPSA) is 98.5 Å². The van der Waals surface area contributed by atoms with Gasteiger partial charge in [0.05, 0.1) is 24.0 Å². The molecule has 0 fully saturated rings. The van der Waals surface area contributed by atoms with Gasteiger partial charge in [0.1, 0.15) is 23.0 Å². The third-order valence-corrected chi connectivity index (χ3v) is 5.86. The number of methoxy groups -OCH3 is 1. The maximum absolute atomic E-state index is 13.1. The number of rotatable bonds is 3. The van der Waals surface area contributed by atoms with E-state index in [9.17, 15) is 10.1 Å². The monoisotopic (exact) mass is 436 g/mol. The third kappa shape index (κ3) is 3.31. The smallest absolute Gasteiger partial charge is 0.344 e. The molecule has 0 saturated heterocycles. The number of hydrogen-bond acceptors (Lipinski definition) is 6. The van der Waals surface area contributed by atoms with Crippen LogP contribution < -0.4 is 20.8 Å². The molecule has 0 aliphatic carbocycles. The van der Waals surface area contributed by atoms with Crippen LogP contribution in [0.5, 0.6) is 11.5 Å². The average Bonchev–Trinajstić information content (AvgIpc) is 2.84. The number of nitriles is 1. The summed E-state index contributed by atoms with van der Waals surface area (Å²) < 4.78 is 17.0. The first kappa shape index (κ1) is 20.4. The van der Waals surface area contributed by atoms with E-state index in [0.717, 1.165) is 16.7 Å². The second-order valence-corrected chi connectivity index (χ2v) is 7.88. The fourth-order valence-corrected chi connectivity index (χ4v) is 4.31. The van der Waals surface area contributed by atoms with E-state index < -0.39 is 11.5 Å². The number of aryl methyl sites for hydroxylation is 1. The fraction of sp³-hybridized carbons (Fsp3) is 0.111. The number of ether oxygens (including phenoxy) is 2. The second-order valence-electron chi connectivity index (χ2n) is 7.88. The molecule has 6 heteroatoms. The number of hydrogen-bond donors (Lipinski definition) is 1. The van der Waals surface area contributed by atoms with Gasteiger partial charge in [0, 0.05) is 5.56 Å². The lowest BCUT2D eigenvalue weighted by atomic mass is 9.82. The van der Waals surface area contributed by atoms with E-state index in [2.05, 4.69) is 6.07 Å². The van der Waals surface area contributed by atoms with Crippen molar-refractivity contribution in [1.82, 2.24) is 0 Å². The van der Waals surface area contributed by atoms with Gasteiger partial charge in [-0.25, -0.2) is 4.79 Å². The highest BCUT2D eigenvalue weighted by atomic mass is 16.5. The standard InChI is InChI=1S/C27H20N2O4/c1-15-8-10-22-19(12-15)25-24(27(30)32-22)23(20(14-28)26(29)33-25)17-9-11-21(31-2)18(13-17)16-6-4-3-5-7-16/h3-13,23H,29H2,1-2H3. The lowest BCUT2D eigenvalue weighted by Gasteiger charge is -2.26. The van der Waals surface area contributed by atoms with E-state index in [4.69, 9.17) is 19.6 Å².